The first-order valence-electron chi connectivity index (χ1n) is 4.60. The maximum absolute atomic E-state index is 10.8. The molecule has 4 nitrogen and oxygen atoms in total. The molecule has 1 heterocycles. The average Bonchev–Trinajstić information content (AvgIpc) is 2.72. The standard InChI is InChI=1S/C11H9BrO4/c12-5-8(11(13)14)3-7-1-2-9-10(4-7)16-6-15-9/h1-4H,5-6H2,(H,13,14). The van der Waals surface area contributed by atoms with Crippen LogP contribution in [0, 0.1) is 0 Å². The molecule has 0 spiro atoms. The molecule has 0 saturated carbocycles. The number of halogens is 1. The first-order valence-corrected chi connectivity index (χ1v) is 5.72. The van der Waals surface area contributed by atoms with Crippen molar-refractivity contribution in [3.8, 4) is 11.5 Å². The van der Waals surface area contributed by atoms with Crippen molar-refractivity contribution >= 4 is 28.0 Å². The number of carbonyl (C=O) groups is 1. The van der Waals surface area contributed by atoms with Gasteiger partial charge in [0.15, 0.2) is 11.5 Å². The van der Waals surface area contributed by atoms with Crippen LogP contribution in [0.2, 0.25) is 0 Å². The highest BCUT2D eigenvalue weighted by Crippen LogP contribution is 2.33. The quantitative estimate of drug-likeness (QED) is 0.683. The third-order valence-electron chi connectivity index (χ3n) is 2.16. The molecule has 0 fully saturated rings. The lowest BCUT2D eigenvalue weighted by atomic mass is 10.1. The lowest BCUT2D eigenvalue weighted by molar-refractivity contribution is -0.132. The van der Waals surface area contributed by atoms with Crippen molar-refractivity contribution in [3.05, 3.63) is 29.3 Å². The largest absolute Gasteiger partial charge is 0.478 e. The first-order chi connectivity index (χ1) is 7.70. The normalized spacial score (nSPS) is 13.9. The minimum Gasteiger partial charge on any atom is -0.478 e. The molecule has 84 valence electrons. The Hall–Kier alpha value is -1.49. The molecular weight excluding hydrogens is 276 g/mol. The van der Waals surface area contributed by atoms with E-state index in [1.807, 2.05) is 0 Å². The van der Waals surface area contributed by atoms with E-state index in [4.69, 9.17) is 14.6 Å². The number of alkyl halides is 1. The van der Waals surface area contributed by atoms with Crippen molar-refractivity contribution in [2.24, 2.45) is 0 Å². The van der Waals surface area contributed by atoms with Gasteiger partial charge in [-0.2, -0.15) is 0 Å². The van der Waals surface area contributed by atoms with Gasteiger partial charge in [0.05, 0.1) is 0 Å². The summed E-state index contributed by atoms with van der Waals surface area (Å²) >= 11 is 3.13. The molecule has 5 heteroatoms. The third kappa shape index (κ3) is 2.19. The average molecular weight is 285 g/mol. The molecule has 0 atom stereocenters. The molecule has 1 aliphatic rings. The molecule has 0 saturated heterocycles. The summed E-state index contributed by atoms with van der Waals surface area (Å²) < 4.78 is 10.4. The van der Waals surface area contributed by atoms with Crippen molar-refractivity contribution in [2.75, 3.05) is 12.1 Å². The number of hydrogen-bond acceptors (Lipinski definition) is 3. The van der Waals surface area contributed by atoms with E-state index < -0.39 is 5.97 Å². The van der Waals surface area contributed by atoms with Crippen molar-refractivity contribution in [1.29, 1.82) is 0 Å². The monoisotopic (exact) mass is 284 g/mol. The predicted octanol–water partition coefficient (Wildman–Crippen LogP) is 2.28. The topological polar surface area (TPSA) is 55.8 Å². The minimum absolute atomic E-state index is 0.215. The van der Waals surface area contributed by atoms with Crippen molar-refractivity contribution in [3.63, 3.8) is 0 Å². The van der Waals surface area contributed by atoms with E-state index in [-0.39, 0.29) is 6.79 Å². The number of ether oxygens (including phenoxy) is 2. The maximum atomic E-state index is 10.8. The maximum Gasteiger partial charge on any atom is 0.332 e. The number of carboxylic acids is 1. The molecular formula is C11H9BrO4. The molecule has 0 radical (unpaired) electrons. The Morgan fingerprint density at radius 3 is 2.88 bits per heavy atom. The Labute approximate surface area is 101 Å². The van der Waals surface area contributed by atoms with Gasteiger partial charge in [-0.05, 0) is 23.8 Å². The molecule has 0 aliphatic carbocycles. The predicted molar refractivity (Wildman–Crippen MR) is 62.0 cm³/mol. The van der Waals surface area contributed by atoms with Gasteiger partial charge >= 0.3 is 5.97 Å². The van der Waals surface area contributed by atoms with Gasteiger partial charge in [-0.25, -0.2) is 4.79 Å². The summed E-state index contributed by atoms with van der Waals surface area (Å²) in [4.78, 5) is 10.8. The molecule has 1 aromatic rings. The molecule has 1 aliphatic heterocycles. The van der Waals surface area contributed by atoms with Crippen LogP contribution in [-0.4, -0.2) is 23.2 Å². The highest BCUT2D eigenvalue weighted by atomic mass is 79.9. The van der Waals surface area contributed by atoms with Gasteiger partial charge in [-0.15, -0.1) is 0 Å². The SMILES string of the molecule is O=C(O)C(=Cc1ccc2c(c1)OCO2)CBr. The van der Waals surface area contributed by atoms with Gasteiger partial charge in [0.2, 0.25) is 6.79 Å². The van der Waals surface area contributed by atoms with E-state index in [0.717, 1.165) is 5.56 Å². The molecule has 1 N–H and O–H groups in total. The van der Waals surface area contributed by atoms with E-state index in [1.165, 1.54) is 0 Å². The van der Waals surface area contributed by atoms with Crippen molar-refractivity contribution in [2.45, 2.75) is 0 Å². The number of benzene rings is 1. The Kier molecular flexibility index (Phi) is 3.14. The number of rotatable bonds is 3. The zero-order valence-electron chi connectivity index (χ0n) is 8.27. The van der Waals surface area contributed by atoms with E-state index in [1.54, 1.807) is 24.3 Å². The number of hydrogen-bond donors (Lipinski definition) is 1. The van der Waals surface area contributed by atoms with Crippen LogP contribution in [0.1, 0.15) is 5.56 Å². The second-order valence-corrected chi connectivity index (χ2v) is 3.78. The van der Waals surface area contributed by atoms with E-state index >= 15 is 0 Å². The van der Waals surface area contributed by atoms with Gasteiger partial charge in [0.25, 0.3) is 0 Å². The minimum atomic E-state index is -0.936. The summed E-state index contributed by atoms with van der Waals surface area (Å²) in [5.41, 5.74) is 1.07. The van der Waals surface area contributed by atoms with Gasteiger partial charge in [0, 0.05) is 10.9 Å². The van der Waals surface area contributed by atoms with Crippen LogP contribution in [0.25, 0.3) is 6.08 Å². The second kappa shape index (κ2) is 4.57. The summed E-state index contributed by atoms with van der Waals surface area (Å²) in [6.07, 6.45) is 1.60. The first kappa shape index (κ1) is 11.0. The van der Waals surface area contributed by atoms with E-state index in [2.05, 4.69) is 15.9 Å². The van der Waals surface area contributed by atoms with Crippen LogP contribution >= 0.6 is 15.9 Å². The van der Waals surface area contributed by atoms with Gasteiger partial charge in [0.1, 0.15) is 0 Å². The molecule has 0 aromatic heterocycles. The van der Waals surface area contributed by atoms with Gasteiger partial charge < -0.3 is 14.6 Å². The Balaban J connectivity index is 2.31. The highest BCUT2D eigenvalue weighted by molar-refractivity contribution is 9.09. The number of carboxylic acid groups (broad SMARTS) is 1. The van der Waals surface area contributed by atoms with Crippen LogP contribution in [0.3, 0.4) is 0 Å². The fourth-order valence-electron chi connectivity index (χ4n) is 1.36. The van der Waals surface area contributed by atoms with Crippen LogP contribution in [0.15, 0.2) is 23.8 Å². The molecule has 0 bridgehead atoms. The smallest absolute Gasteiger partial charge is 0.332 e. The van der Waals surface area contributed by atoms with Crippen LogP contribution < -0.4 is 9.47 Å². The molecule has 0 amide bonds. The van der Waals surface area contributed by atoms with Gasteiger partial charge in [-0.3, -0.25) is 0 Å². The lowest BCUT2D eigenvalue weighted by Crippen LogP contribution is -2.00. The molecule has 1 aromatic carbocycles. The zero-order valence-corrected chi connectivity index (χ0v) is 9.86. The number of aliphatic carboxylic acids is 1. The van der Waals surface area contributed by atoms with Gasteiger partial charge in [-0.1, -0.05) is 22.0 Å². The highest BCUT2D eigenvalue weighted by Gasteiger charge is 2.13. The summed E-state index contributed by atoms with van der Waals surface area (Å²) in [7, 11) is 0. The van der Waals surface area contributed by atoms with Crippen LogP contribution in [0.5, 0.6) is 11.5 Å². The lowest BCUT2D eigenvalue weighted by Gasteiger charge is -2.00. The summed E-state index contributed by atoms with van der Waals surface area (Å²) in [6.45, 7) is 0.215. The van der Waals surface area contributed by atoms with Crippen molar-refractivity contribution < 1.29 is 19.4 Å². The Morgan fingerprint density at radius 1 is 1.44 bits per heavy atom. The summed E-state index contributed by atoms with van der Waals surface area (Å²) in [5.74, 6) is 0.399. The molecule has 0 unspecified atom stereocenters. The Morgan fingerprint density at radius 2 is 2.19 bits per heavy atom. The molecule has 2 rings (SSSR count). The summed E-state index contributed by atoms with van der Waals surface area (Å²) in [6, 6.07) is 5.31. The van der Waals surface area contributed by atoms with Crippen LogP contribution in [-0.2, 0) is 4.79 Å². The van der Waals surface area contributed by atoms with Crippen LogP contribution in [0.4, 0.5) is 0 Å². The van der Waals surface area contributed by atoms with E-state index in [9.17, 15) is 4.79 Å². The fraction of sp³-hybridized carbons (Fsp3) is 0.182. The zero-order chi connectivity index (χ0) is 11.5. The van der Waals surface area contributed by atoms with Crippen molar-refractivity contribution in [1.82, 2.24) is 0 Å². The second-order valence-electron chi connectivity index (χ2n) is 3.22. The van der Waals surface area contributed by atoms with E-state index in [0.29, 0.717) is 22.4 Å². The molecule has 16 heavy (non-hydrogen) atoms. The number of fused-ring (bicyclic) bond motifs is 1. The third-order valence-corrected chi connectivity index (χ3v) is 2.76. The summed E-state index contributed by atoms with van der Waals surface area (Å²) in [5, 5.41) is 9.18. The fourth-order valence-corrected chi connectivity index (χ4v) is 1.76. The Bertz CT molecular complexity index is 453.